The van der Waals surface area contributed by atoms with E-state index in [-0.39, 0.29) is 11.7 Å². The van der Waals surface area contributed by atoms with Crippen LogP contribution in [0.2, 0.25) is 0 Å². The predicted molar refractivity (Wildman–Crippen MR) is 128 cm³/mol. The lowest BCUT2D eigenvalue weighted by molar-refractivity contribution is -0.116. The Labute approximate surface area is 197 Å². The van der Waals surface area contributed by atoms with Crippen molar-refractivity contribution in [1.29, 1.82) is 0 Å². The van der Waals surface area contributed by atoms with Crippen LogP contribution in [0.15, 0.2) is 66.0 Å². The third-order valence-electron chi connectivity index (χ3n) is 6.14. The Bertz CT molecular complexity index is 1280. The van der Waals surface area contributed by atoms with E-state index >= 15 is 0 Å². The fourth-order valence-corrected chi connectivity index (χ4v) is 4.60. The van der Waals surface area contributed by atoms with Gasteiger partial charge in [0.25, 0.3) is 5.91 Å². The van der Waals surface area contributed by atoms with Gasteiger partial charge in [0, 0.05) is 28.9 Å². The highest BCUT2D eigenvalue weighted by molar-refractivity contribution is 6.08. The lowest BCUT2D eigenvalue weighted by Gasteiger charge is -2.34. The number of para-hydroxylation sites is 1. The molecule has 1 amide bonds. The number of anilines is 2. The summed E-state index contributed by atoms with van der Waals surface area (Å²) in [4.78, 5) is 26.2. The number of aromatic nitrogens is 2. The second-order valence-corrected chi connectivity index (χ2v) is 8.20. The van der Waals surface area contributed by atoms with Crippen LogP contribution in [0.4, 0.5) is 11.5 Å². The van der Waals surface area contributed by atoms with Crippen LogP contribution in [-0.4, -0.2) is 35.2 Å². The molecule has 8 nitrogen and oxygen atoms in total. The number of benzene rings is 2. The third kappa shape index (κ3) is 3.81. The molecule has 8 heteroatoms. The average Bonchev–Trinajstić information content (AvgIpc) is 3.28. The Morgan fingerprint density at radius 1 is 1.18 bits per heavy atom. The van der Waals surface area contributed by atoms with Crippen molar-refractivity contribution in [3.8, 4) is 11.5 Å². The van der Waals surface area contributed by atoms with Gasteiger partial charge in [0.1, 0.15) is 28.9 Å². The zero-order chi connectivity index (χ0) is 23.7. The number of hydrogen-bond donors (Lipinski definition) is 2. The summed E-state index contributed by atoms with van der Waals surface area (Å²) < 4.78 is 12.8. The van der Waals surface area contributed by atoms with Crippen LogP contribution in [0.5, 0.6) is 11.5 Å². The molecular weight excluding hydrogens is 432 g/mol. The Morgan fingerprint density at radius 2 is 1.97 bits per heavy atom. The molecule has 0 saturated heterocycles. The van der Waals surface area contributed by atoms with E-state index in [1.54, 1.807) is 23.9 Å². The Balaban J connectivity index is 1.53. The molecule has 1 aromatic heterocycles. The molecule has 5 rings (SSSR count). The molecule has 0 bridgehead atoms. The molecule has 1 atom stereocenters. The summed E-state index contributed by atoms with van der Waals surface area (Å²) in [5.74, 6) is 1.77. The fraction of sp³-hybridized carbons (Fsp3) is 0.269. The highest BCUT2D eigenvalue weighted by Gasteiger charge is 2.38. The molecule has 1 aliphatic carbocycles. The first-order chi connectivity index (χ1) is 16.6. The van der Waals surface area contributed by atoms with E-state index in [0.29, 0.717) is 41.4 Å². The number of ether oxygens (including phenoxy) is 2. The van der Waals surface area contributed by atoms with Gasteiger partial charge in [-0.1, -0.05) is 18.2 Å². The van der Waals surface area contributed by atoms with Crippen molar-refractivity contribution >= 4 is 23.2 Å². The number of carbonyl (C=O) groups is 2. The number of nitrogens with zero attached hydrogens (tertiary/aromatic N) is 2. The van der Waals surface area contributed by atoms with Crippen molar-refractivity contribution in [1.82, 2.24) is 9.78 Å². The largest absolute Gasteiger partial charge is 0.496 e. The minimum absolute atomic E-state index is 0.0891. The molecule has 1 unspecified atom stereocenters. The summed E-state index contributed by atoms with van der Waals surface area (Å²) >= 11 is 0. The number of fused-ring (bicyclic) bond motifs is 1. The first-order valence-electron chi connectivity index (χ1n) is 11.4. The van der Waals surface area contributed by atoms with Gasteiger partial charge in [-0.2, -0.15) is 5.10 Å². The van der Waals surface area contributed by atoms with E-state index in [9.17, 15) is 9.59 Å². The van der Waals surface area contributed by atoms with Crippen LogP contribution in [0, 0.1) is 0 Å². The van der Waals surface area contributed by atoms with Crippen molar-refractivity contribution < 1.29 is 19.1 Å². The summed E-state index contributed by atoms with van der Waals surface area (Å²) in [5.41, 5.74) is 3.41. The maximum absolute atomic E-state index is 13.2. The number of carbonyl (C=O) groups excluding carboxylic acids is 2. The van der Waals surface area contributed by atoms with E-state index in [2.05, 4.69) is 15.7 Å². The fourth-order valence-electron chi connectivity index (χ4n) is 4.60. The van der Waals surface area contributed by atoms with Crippen LogP contribution in [0.1, 0.15) is 48.1 Å². The third-order valence-corrected chi connectivity index (χ3v) is 6.14. The summed E-state index contributed by atoms with van der Waals surface area (Å²) in [5, 5.41) is 10.8. The summed E-state index contributed by atoms with van der Waals surface area (Å²) in [6, 6.07) is 14.4. The predicted octanol–water partition coefficient (Wildman–Crippen LogP) is 4.56. The van der Waals surface area contributed by atoms with E-state index < -0.39 is 6.04 Å². The SMILES string of the molecule is CCOc1ccc(NC(=O)c2cnn3c2NC2=C(C(=O)CCC2)C3c2ccccc2OC)cc1. The van der Waals surface area contributed by atoms with Crippen LogP contribution < -0.4 is 20.1 Å². The van der Waals surface area contributed by atoms with Gasteiger partial charge in [0.2, 0.25) is 0 Å². The number of ketones is 1. The summed E-state index contributed by atoms with van der Waals surface area (Å²) in [6.07, 6.45) is 3.54. The highest BCUT2D eigenvalue weighted by Crippen LogP contribution is 2.43. The van der Waals surface area contributed by atoms with Gasteiger partial charge in [-0.15, -0.1) is 0 Å². The first-order valence-corrected chi connectivity index (χ1v) is 11.4. The smallest absolute Gasteiger partial charge is 0.261 e. The van der Waals surface area contributed by atoms with Gasteiger partial charge < -0.3 is 20.1 Å². The van der Waals surface area contributed by atoms with E-state index in [1.165, 1.54) is 6.20 Å². The number of rotatable bonds is 6. The quantitative estimate of drug-likeness (QED) is 0.562. The second-order valence-electron chi connectivity index (χ2n) is 8.20. The van der Waals surface area contributed by atoms with Crippen molar-refractivity contribution in [2.75, 3.05) is 24.4 Å². The molecule has 0 spiro atoms. The van der Waals surface area contributed by atoms with Crippen molar-refractivity contribution in [3.05, 3.63) is 77.1 Å². The van der Waals surface area contributed by atoms with E-state index in [4.69, 9.17) is 9.47 Å². The van der Waals surface area contributed by atoms with Crippen molar-refractivity contribution in [2.24, 2.45) is 0 Å². The normalized spacial score (nSPS) is 16.9. The molecule has 1 aliphatic heterocycles. The maximum Gasteiger partial charge on any atom is 0.261 e. The van der Waals surface area contributed by atoms with Gasteiger partial charge in [0.05, 0.1) is 19.9 Å². The summed E-state index contributed by atoms with van der Waals surface area (Å²) in [7, 11) is 1.61. The number of hydrogen-bond acceptors (Lipinski definition) is 6. The van der Waals surface area contributed by atoms with Crippen molar-refractivity contribution in [3.63, 3.8) is 0 Å². The molecule has 3 aromatic rings. The topological polar surface area (TPSA) is 94.5 Å². The minimum Gasteiger partial charge on any atom is -0.496 e. The Kier molecular flexibility index (Phi) is 5.79. The number of methoxy groups -OCH3 is 1. The van der Waals surface area contributed by atoms with E-state index in [1.807, 2.05) is 43.3 Å². The maximum atomic E-state index is 13.2. The zero-order valence-corrected chi connectivity index (χ0v) is 19.1. The van der Waals surface area contributed by atoms with Gasteiger partial charge in [-0.3, -0.25) is 9.59 Å². The lowest BCUT2D eigenvalue weighted by Crippen LogP contribution is -2.32. The van der Waals surface area contributed by atoms with Gasteiger partial charge in [0.15, 0.2) is 5.78 Å². The van der Waals surface area contributed by atoms with Crippen LogP contribution >= 0.6 is 0 Å². The van der Waals surface area contributed by atoms with Crippen LogP contribution in [0.25, 0.3) is 0 Å². The molecule has 2 N–H and O–H groups in total. The monoisotopic (exact) mass is 458 g/mol. The molecule has 2 heterocycles. The molecule has 0 radical (unpaired) electrons. The zero-order valence-electron chi connectivity index (χ0n) is 19.1. The average molecular weight is 459 g/mol. The van der Waals surface area contributed by atoms with Crippen LogP contribution in [0.3, 0.4) is 0 Å². The summed E-state index contributed by atoms with van der Waals surface area (Å²) in [6.45, 7) is 2.50. The van der Waals surface area contributed by atoms with Crippen LogP contribution in [-0.2, 0) is 4.79 Å². The minimum atomic E-state index is -0.470. The molecule has 34 heavy (non-hydrogen) atoms. The lowest BCUT2D eigenvalue weighted by atomic mass is 9.85. The molecule has 0 saturated carbocycles. The van der Waals surface area contributed by atoms with Gasteiger partial charge in [-0.05, 0) is 50.1 Å². The molecular formula is C26H26N4O4. The number of amides is 1. The molecule has 174 valence electrons. The Morgan fingerprint density at radius 3 is 2.74 bits per heavy atom. The number of nitrogens with one attached hydrogen (secondary N) is 2. The van der Waals surface area contributed by atoms with E-state index in [0.717, 1.165) is 29.9 Å². The molecule has 0 fully saturated rings. The second kappa shape index (κ2) is 9.05. The van der Waals surface area contributed by atoms with Gasteiger partial charge >= 0.3 is 0 Å². The standard InChI is InChI=1S/C26H26N4O4/c1-3-34-17-13-11-16(12-14-17)28-26(32)19-15-27-30-24(18-7-4-5-10-22(18)33-2)23-20(29-25(19)30)8-6-9-21(23)31/h4-5,7,10-15,24,29H,3,6,8-9H2,1-2H3,(H,28,32). The Hall–Kier alpha value is -4.07. The molecule has 2 aromatic carbocycles. The van der Waals surface area contributed by atoms with Gasteiger partial charge in [-0.25, -0.2) is 4.68 Å². The first kappa shape index (κ1) is 21.8. The number of Topliss-reactive ketones (excluding diaryl/α,β-unsaturated/α-hetero) is 1. The molecule has 2 aliphatic rings. The van der Waals surface area contributed by atoms with Crippen molar-refractivity contribution in [2.45, 2.75) is 32.2 Å². The number of allylic oxidation sites excluding steroid dienone is 2. The highest BCUT2D eigenvalue weighted by atomic mass is 16.5.